The number of hydrogen-bond donors (Lipinski definition) is 0. The molecule has 0 heterocycles. The van der Waals surface area contributed by atoms with E-state index >= 15 is 0 Å². The molecule has 0 bridgehead atoms. The molecule has 1 aromatic rings. The summed E-state index contributed by atoms with van der Waals surface area (Å²) in [4.78, 5) is 12.1. The van der Waals surface area contributed by atoms with E-state index in [0.29, 0.717) is 0 Å². The van der Waals surface area contributed by atoms with Crippen LogP contribution in [0.4, 0.5) is 4.39 Å². The molecule has 1 aromatic carbocycles. The second-order valence-corrected chi connectivity index (χ2v) is 3.79. The van der Waals surface area contributed by atoms with Gasteiger partial charge in [-0.2, -0.15) is 0 Å². The third kappa shape index (κ3) is 7.49. The Bertz CT molecular complexity index is 399. The van der Waals surface area contributed by atoms with Crippen molar-refractivity contribution in [1.82, 2.24) is 0 Å². The highest BCUT2D eigenvalue weighted by Crippen LogP contribution is 2.09. The summed E-state index contributed by atoms with van der Waals surface area (Å²) in [6.45, 7) is 6.89. The van der Waals surface area contributed by atoms with Crippen molar-refractivity contribution in [2.24, 2.45) is 4.99 Å². The maximum atomic E-state index is 12.9. The fourth-order valence-electron chi connectivity index (χ4n) is 1.40. The lowest BCUT2D eigenvalue weighted by Crippen LogP contribution is -1.88. The maximum Gasteiger partial charge on any atom is 0.123 e. The molecule has 0 atom stereocenters. The Kier molecular flexibility index (Phi) is 9.37. The van der Waals surface area contributed by atoms with Gasteiger partial charge in [0.15, 0.2) is 0 Å². The van der Waals surface area contributed by atoms with Crippen LogP contribution in [0.15, 0.2) is 40.9 Å². The van der Waals surface area contributed by atoms with Crippen molar-refractivity contribution in [3.63, 3.8) is 0 Å². The van der Waals surface area contributed by atoms with Gasteiger partial charge in [-0.15, -0.1) is 0 Å². The summed E-state index contributed by atoms with van der Waals surface area (Å²) in [5.74, 6) is -0.160. The van der Waals surface area contributed by atoms with Crippen LogP contribution in [-0.4, -0.2) is 19.5 Å². The molecular weight excluding hydrogens is 229 g/mol. The quantitative estimate of drug-likeness (QED) is 0.733. The van der Waals surface area contributed by atoms with Crippen LogP contribution in [0.5, 0.6) is 0 Å². The van der Waals surface area contributed by atoms with E-state index in [1.54, 1.807) is 12.1 Å². The SMILES string of the molecule is C=O.CCN=C/C=C(\C)CCc1cccc(F)c1. The van der Waals surface area contributed by atoms with Gasteiger partial charge in [0.2, 0.25) is 0 Å². The molecule has 2 nitrogen and oxygen atoms in total. The molecule has 18 heavy (non-hydrogen) atoms. The van der Waals surface area contributed by atoms with E-state index in [4.69, 9.17) is 4.79 Å². The zero-order valence-corrected chi connectivity index (χ0v) is 11.0. The summed E-state index contributed by atoms with van der Waals surface area (Å²) < 4.78 is 12.9. The van der Waals surface area contributed by atoms with E-state index < -0.39 is 0 Å². The molecule has 0 saturated heterocycles. The minimum absolute atomic E-state index is 0.160. The molecule has 0 unspecified atom stereocenters. The Balaban J connectivity index is 0.00000137. The fraction of sp³-hybridized carbons (Fsp3) is 0.333. The highest BCUT2D eigenvalue weighted by molar-refractivity contribution is 5.71. The van der Waals surface area contributed by atoms with Crippen LogP contribution in [0.2, 0.25) is 0 Å². The molecule has 0 radical (unpaired) electrons. The molecule has 0 aliphatic heterocycles. The number of carbonyl (C=O) groups excluding carboxylic acids is 1. The van der Waals surface area contributed by atoms with Crippen molar-refractivity contribution in [1.29, 1.82) is 0 Å². The molecular formula is C15H20FNO. The summed E-state index contributed by atoms with van der Waals surface area (Å²) >= 11 is 0. The van der Waals surface area contributed by atoms with E-state index in [1.165, 1.54) is 11.6 Å². The van der Waals surface area contributed by atoms with Crippen LogP contribution in [0.1, 0.15) is 25.8 Å². The van der Waals surface area contributed by atoms with Gasteiger partial charge < -0.3 is 4.79 Å². The van der Waals surface area contributed by atoms with E-state index in [9.17, 15) is 4.39 Å². The van der Waals surface area contributed by atoms with Gasteiger partial charge in [-0.1, -0.05) is 17.7 Å². The van der Waals surface area contributed by atoms with Crippen LogP contribution in [0.25, 0.3) is 0 Å². The molecule has 0 N–H and O–H groups in total. The molecule has 0 saturated carbocycles. The summed E-state index contributed by atoms with van der Waals surface area (Å²) in [5, 5.41) is 0. The number of aliphatic imine (C=N–C) groups is 1. The minimum atomic E-state index is -0.160. The monoisotopic (exact) mass is 249 g/mol. The number of allylic oxidation sites excluding steroid dienone is 2. The summed E-state index contributed by atoms with van der Waals surface area (Å²) in [6.07, 6.45) is 5.67. The fourth-order valence-corrected chi connectivity index (χ4v) is 1.40. The van der Waals surface area contributed by atoms with Crippen LogP contribution in [-0.2, 0) is 11.2 Å². The Morgan fingerprint density at radius 3 is 2.78 bits per heavy atom. The zero-order chi connectivity index (χ0) is 13.8. The summed E-state index contributed by atoms with van der Waals surface area (Å²) in [7, 11) is 0. The van der Waals surface area contributed by atoms with Gasteiger partial charge >= 0.3 is 0 Å². The Labute approximate surface area is 108 Å². The molecule has 0 aliphatic carbocycles. The number of nitrogens with zero attached hydrogens (tertiary/aromatic N) is 1. The van der Waals surface area contributed by atoms with Crippen LogP contribution in [0.3, 0.4) is 0 Å². The van der Waals surface area contributed by atoms with E-state index in [-0.39, 0.29) is 5.82 Å². The third-order valence-electron chi connectivity index (χ3n) is 2.34. The Morgan fingerprint density at radius 1 is 1.44 bits per heavy atom. The van der Waals surface area contributed by atoms with Crippen molar-refractivity contribution in [3.05, 3.63) is 47.3 Å². The van der Waals surface area contributed by atoms with Crippen molar-refractivity contribution in [2.45, 2.75) is 26.7 Å². The Morgan fingerprint density at radius 2 is 2.17 bits per heavy atom. The largest absolute Gasteiger partial charge is 0.307 e. The first-order valence-electron chi connectivity index (χ1n) is 5.91. The zero-order valence-electron chi connectivity index (χ0n) is 11.0. The first-order chi connectivity index (χ1) is 8.72. The predicted molar refractivity (Wildman–Crippen MR) is 74.6 cm³/mol. The van der Waals surface area contributed by atoms with Crippen molar-refractivity contribution in [3.8, 4) is 0 Å². The van der Waals surface area contributed by atoms with Crippen molar-refractivity contribution < 1.29 is 9.18 Å². The number of carbonyl (C=O) groups is 1. The summed E-state index contributed by atoms with van der Waals surface area (Å²) in [6, 6.07) is 6.77. The molecule has 0 aliphatic rings. The summed E-state index contributed by atoms with van der Waals surface area (Å²) in [5.41, 5.74) is 2.31. The van der Waals surface area contributed by atoms with E-state index in [2.05, 4.69) is 11.9 Å². The molecule has 98 valence electrons. The van der Waals surface area contributed by atoms with Gasteiger partial charge in [-0.05, 0) is 50.5 Å². The van der Waals surface area contributed by atoms with Gasteiger partial charge in [-0.3, -0.25) is 4.99 Å². The first-order valence-corrected chi connectivity index (χ1v) is 5.91. The third-order valence-corrected chi connectivity index (χ3v) is 2.34. The number of hydrogen-bond acceptors (Lipinski definition) is 2. The molecule has 0 fully saturated rings. The van der Waals surface area contributed by atoms with Gasteiger partial charge in [-0.25, -0.2) is 4.39 Å². The standard InChI is InChI=1S/C14H18FN.CH2O/c1-3-16-10-9-12(2)7-8-13-5-4-6-14(15)11-13;1-2/h4-6,9-11H,3,7-8H2,1-2H3;1H2/b12-9+,16-10?;. The van der Waals surface area contributed by atoms with Gasteiger partial charge in [0, 0.05) is 12.8 Å². The highest BCUT2D eigenvalue weighted by atomic mass is 19.1. The lowest BCUT2D eigenvalue weighted by molar-refractivity contribution is -0.0979. The lowest BCUT2D eigenvalue weighted by atomic mass is 10.1. The van der Waals surface area contributed by atoms with E-state index in [0.717, 1.165) is 24.9 Å². The Hall–Kier alpha value is -1.77. The second-order valence-electron chi connectivity index (χ2n) is 3.79. The number of benzene rings is 1. The van der Waals surface area contributed by atoms with Crippen LogP contribution >= 0.6 is 0 Å². The lowest BCUT2D eigenvalue weighted by Gasteiger charge is -2.01. The van der Waals surface area contributed by atoms with Gasteiger partial charge in [0.25, 0.3) is 0 Å². The van der Waals surface area contributed by atoms with E-state index in [1.807, 2.05) is 32.1 Å². The average Bonchev–Trinajstić information content (AvgIpc) is 2.39. The number of halogens is 1. The highest BCUT2D eigenvalue weighted by Gasteiger charge is 1.96. The topological polar surface area (TPSA) is 29.4 Å². The number of aryl methyl sites for hydroxylation is 1. The molecule has 0 amide bonds. The van der Waals surface area contributed by atoms with Gasteiger partial charge in [0.1, 0.15) is 12.6 Å². The first kappa shape index (κ1) is 16.2. The van der Waals surface area contributed by atoms with Crippen molar-refractivity contribution >= 4 is 13.0 Å². The van der Waals surface area contributed by atoms with Crippen LogP contribution < -0.4 is 0 Å². The minimum Gasteiger partial charge on any atom is -0.307 e. The van der Waals surface area contributed by atoms with Crippen molar-refractivity contribution in [2.75, 3.05) is 6.54 Å². The van der Waals surface area contributed by atoms with Gasteiger partial charge in [0.05, 0.1) is 0 Å². The molecule has 1 rings (SSSR count). The second kappa shape index (κ2) is 10.4. The predicted octanol–water partition coefficient (Wildman–Crippen LogP) is 3.61. The smallest absolute Gasteiger partial charge is 0.123 e. The number of rotatable bonds is 5. The normalized spacial score (nSPS) is 11.2. The maximum absolute atomic E-state index is 12.9. The molecule has 0 aromatic heterocycles. The van der Waals surface area contributed by atoms with Crippen LogP contribution in [0, 0.1) is 5.82 Å². The molecule has 0 spiro atoms. The average molecular weight is 249 g/mol. The molecule has 3 heteroatoms.